The van der Waals surface area contributed by atoms with Gasteiger partial charge in [-0.1, -0.05) is 0 Å². The number of aliphatic hydroxyl groups excluding tert-OH is 1. The highest BCUT2D eigenvalue weighted by atomic mass is 32.1. The van der Waals surface area contributed by atoms with Crippen molar-refractivity contribution in [3.63, 3.8) is 0 Å². The average Bonchev–Trinajstić information content (AvgIpc) is 1.90. The van der Waals surface area contributed by atoms with Gasteiger partial charge in [-0.2, -0.15) is 0 Å². The van der Waals surface area contributed by atoms with Crippen LogP contribution in [0.1, 0.15) is 6.42 Å². The SMILES string of the molecule is O=S=C1C=CC(O)=CC1. The van der Waals surface area contributed by atoms with Crippen LogP contribution in [0, 0.1) is 0 Å². The summed E-state index contributed by atoms with van der Waals surface area (Å²) in [5, 5.41) is 8.77. The molecule has 0 aliphatic heterocycles. The monoisotopic (exact) mass is 142 g/mol. The van der Waals surface area contributed by atoms with E-state index in [1.807, 2.05) is 0 Å². The van der Waals surface area contributed by atoms with Gasteiger partial charge in [0, 0.05) is 11.3 Å². The van der Waals surface area contributed by atoms with Gasteiger partial charge in [-0.3, -0.25) is 0 Å². The Morgan fingerprint density at radius 2 is 2.33 bits per heavy atom. The normalized spacial score (nSPS) is 17.3. The standard InChI is InChI=1S/C6H6O2S/c7-5-1-3-6(9-8)4-2-5/h1-3,7H,4H2. The van der Waals surface area contributed by atoms with Crippen LogP contribution in [0.3, 0.4) is 0 Å². The van der Waals surface area contributed by atoms with Crippen LogP contribution in [0.2, 0.25) is 0 Å². The molecule has 1 rings (SSSR count). The second kappa shape index (κ2) is 2.64. The minimum Gasteiger partial charge on any atom is -0.508 e. The van der Waals surface area contributed by atoms with Crippen LogP contribution < -0.4 is 0 Å². The molecule has 0 aromatic rings. The lowest BCUT2D eigenvalue weighted by Gasteiger charge is -1.97. The fourth-order valence-corrected chi connectivity index (χ4v) is 0.856. The van der Waals surface area contributed by atoms with Gasteiger partial charge in [-0.15, -0.1) is 0 Å². The molecule has 1 aliphatic carbocycles. The highest BCUT2D eigenvalue weighted by molar-refractivity contribution is 7.66. The molecule has 0 bridgehead atoms. The van der Waals surface area contributed by atoms with Crippen LogP contribution in [0.15, 0.2) is 24.0 Å². The second-order valence-corrected chi connectivity index (χ2v) is 2.41. The number of hydrogen-bond donors (Lipinski definition) is 1. The van der Waals surface area contributed by atoms with Crippen molar-refractivity contribution in [1.29, 1.82) is 0 Å². The molecule has 1 N–H and O–H groups in total. The summed E-state index contributed by atoms with van der Waals surface area (Å²) in [7, 11) is 0. The first-order valence-corrected chi connectivity index (χ1v) is 3.30. The van der Waals surface area contributed by atoms with Gasteiger partial charge < -0.3 is 5.11 Å². The van der Waals surface area contributed by atoms with Crippen molar-refractivity contribution in [2.75, 3.05) is 0 Å². The summed E-state index contributed by atoms with van der Waals surface area (Å²) >= 11 is 0.472. The Balaban J connectivity index is 2.81. The van der Waals surface area contributed by atoms with Gasteiger partial charge in [0.25, 0.3) is 0 Å². The summed E-state index contributed by atoms with van der Waals surface area (Å²) in [6, 6.07) is 0. The smallest absolute Gasteiger partial charge is 0.112 e. The lowest BCUT2D eigenvalue weighted by atomic mass is 10.2. The van der Waals surface area contributed by atoms with Crippen LogP contribution in [0.5, 0.6) is 0 Å². The molecule has 0 saturated carbocycles. The zero-order chi connectivity index (χ0) is 6.69. The van der Waals surface area contributed by atoms with Gasteiger partial charge in [0.1, 0.15) is 5.76 Å². The maximum Gasteiger partial charge on any atom is 0.112 e. The van der Waals surface area contributed by atoms with Crippen LogP contribution >= 0.6 is 0 Å². The lowest BCUT2D eigenvalue weighted by Crippen LogP contribution is -1.95. The zero-order valence-electron chi connectivity index (χ0n) is 4.70. The van der Waals surface area contributed by atoms with Crippen molar-refractivity contribution in [2.24, 2.45) is 0 Å². The van der Waals surface area contributed by atoms with Gasteiger partial charge in [0.15, 0.2) is 0 Å². The van der Waals surface area contributed by atoms with E-state index in [9.17, 15) is 4.21 Å². The number of allylic oxidation sites excluding steroid dienone is 3. The third-order valence-corrected chi connectivity index (χ3v) is 1.58. The van der Waals surface area contributed by atoms with E-state index in [1.54, 1.807) is 12.2 Å². The summed E-state index contributed by atoms with van der Waals surface area (Å²) in [5.41, 5.74) is 0. The topological polar surface area (TPSA) is 37.3 Å². The third kappa shape index (κ3) is 1.54. The van der Waals surface area contributed by atoms with E-state index in [-0.39, 0.29) is 5.76 Å². The highest BCUT2D eigenvalue weighted by Crippen LogP contribution is 2.02. The second-order valence-electron chi connectivity index (χ2n) is 1.72. The third-order valence-electron chi connectivity index (χ3n) is 1.06. The first-order chi connectivity index (χ1) is 4.33. The zero-order valence-corrected chi connectivity index (χ0v) is 5.52. The number of rotatable bonds is 0. The van der Waals surface area contributed by atoms with Crippen molar-refractivity contribution in [3.05, 3.63) is 24.0 Å². The van der Waals surface area contributed by atoms with E-state index < -0.39 is 0 Å². The predicted octanol–water partition coefficient (Wildman–Crippen LogP) is 0.774. The minimum absolute atomic E-state index is 0.243. The van der Waals surface area contributed by atoms with Crippen molar-refractivity contribution in [2.45, 2.75) is 6.42 Å². The van der Waals surface area contributed by atoms with Gasteiger partial charge >= 0.3 is 0 Å². The molecule has 48 valence electrons. The molecule has 0 spiro atoms. The Morgan fingerprint density at radius 3 is 2.78 bits per heavy atom. The van der Waals surface area contributed by atoms with Crippen LogP contribution in [0.25, 0.3) is 0 Å². The van der Waals surface area contributed by atoms with Crippen molar-refractivity contribution >= 4 is 16.1 Å². The number of aliphatic hydroxyl groups is 1. The van der Waals surface area contributed by atoms with Crippen LogP contribution in [-0.4, -0.2) is 14.2 Å². The molecule has 3 heteroatoms. The summed E-state index contributed by atoms with van der Waals surface area (Å²) in [6.07, 6.45) is 5.33. The van der Waals surface area contributed by atoms with Crippen LogP contribution in [-0.2, 0) is 11.3 Å². The summed E-state index contributed by atoms with van der Waals surface area (Å²) in [6.45, 7) is 0. The fourth-order valence-electron chi connectivity index (χ4n) is 0.581. The van der Waals surface area contributed by atoms with Gasteiger partial charge in [0.05, 0.1) is 11.3 Å². The van der Waals surface area contributed by atoms with Crippen molar-refractivity contribution in [1.82, 2.24) is 0 Å². The molecule has 0 atom stereocenters. The summed E-state index contributed by atoms with van der Waals surface area (Å²) in [4.78, 5) is 0.743. The molecule has 0 saturated heterocycles. The largest absolute Gasteiger partial charge is 0.508 e. The Morgan fingerprint density at radius 1 is 1.56 bits per heavy atom. The molecule has 2 nitrogen and oxygen atoms in total. The van der Waals surface area contributed by atoms with E-state index in [2.05, 4.69) is 0 Å². The molecule has 0 aromatic carbocycles. The molecule has 1 aliphatic rings. The Labute approximate surface area is 56.6 Å². The van der Waals surface area contributed by atoms with Crippen LogP contribution in [0.4, 0.5) is 0 Å². The number of hydrogen-bond acceptors (Lipinski definition) is 2. The van der Waals surface area contributed by atoms with Gasteiger partial charge in [-0.25, -0.2) is 4.21 Å². The van der Waals surface area contributed by atoms with E-state index in [0.717, 1.165) is 4.86 Å². The molecule has 0 unspecified atom stereocenters. The Kier molecular flexibility index (Phi) is 1.85. The molecule has 0 amide bonds. The van der Waals surface area contributed by atoms with E-state index in [0.29, 0.717) is 17.7 Å². The molecule has 9 heavy (non-hydrogen) atoms. The molecule has 0 aromatic heterocycles. The van der Waals surface area contributed by atoms with Crippen molar-refractivity contribution < 1.29 is 9.32 Å². The maximum atomic E-state index is 10.1. The molecular formula is C6H6O2S. The molecule has 0 radical (unpaired) electrons. The van der Waals surface area contributed by atoms with Gasteiger partial charge in [-0.05, 0) is 18.2 Å². The van der Waals surface area contributed by atoms with E-state index >= 15 is 0 Å². The Bertz CT molecular complexity index is 221. The maximum absolute atomic E-state index is 10.1. The lowest BCUT2D eigenvalue weighted by molar-refractivity contribution is 0.430. The molecule has 0 heterocycles. The first-order valence-electron chi connectivity index (χ1n) is 2.56. The Hall–Kier alpha value is -0.830. The first kappa shape index (κ1) is 6.29. The van der Waals surface area contributed by atoms with E-state index in [1.165, 1.54) is 6.08 Å². The average molecular weight is 142 g/mol. The fraction of sp³-hybridized carbons (Fsp3) is 0.167. The molecule has 0 fully saturated rings. The minimum atomic E-state index is 0.243. The van der Waals surface area contributed by atoms with Crippen molar-refractivity contribution in [3.8, 4) is 0 Å². The highest BCUT2D eigenvalue weighted by Gasteiger charge is 1.97. The molecular weight excluding hydrogens is 136 g/mol. The van der Waals surface area contributed by atoms with Gasteiger partial charge in [0.2, 0.25) is 0 Å². The summed E-state index contributed by atoms with van der Waals surface area (Å²) in [5.74, 6) is 0.243. The quantitative estimate of drug-likeness (QED) is 0.507. The van der Waals surface area contributed by atoms with E-state index in [4.69, 9.17) is 5.11 Å². The summed E-state index contributed by atoms with van der Waals surface area (Å²) < 4.78 is 10.1. The predicted molar refractivity (Wildman–Crippen MR) is 37.6 cm³/mol.